The zero-order chi connectivity index (χ0) is 20.3. The van der Waals surface area contributed by atoms with Gasteiger partial charge in [0.05, 0.1) is 4.90 Å². The number of aryl methyl sites for hydroxylation is 2. The summed E-state index contributed by atoms with van der Waals surface area (Å²) in [5, 5.41) is 8.02. The van der Waals surface area contributed by atoms with Crippen molar-refractivity contribution in [3.05, 3.63) is 47.3 Å². The summed E-state index contributed by atoms with van der Waals surface area (Å²) in [6, 6.07) is 8.14. The van der Waals surface area contributed by atoms with E-state index in [9.17, 15) is 13.2 Å². The zero-order valence-corrected chi connectivity index (χ0v) is 16.9. The Kier molecular flexibility index (Phi) is 5.95. The fourth-order valence-electron chi connectivity index (χ4n) is 3.32. The molecule has 3 rings (SSSR count). The van der Waals surface area contributed by atoms with E-state index in [-0.39, 0.29) is 16.7 Å². The van der Waals surface area contributed by atoms with Crippen molar-refractivity contribution < 1.29 is 13.2 Å². The molecule has 0 spiro atoms. The standard InChI is InChI=1S/C19H25N5O3S/c1-13-11-14(2)23-19(22-13)24-9-7-16(8-10-24)18(25)21-12-15-3-5-17(6-4-15)28(20,26)27/h3-6,11,16H,7-10,12H2,1-2H3,(H,21,25)(H2,20,26,27). The molecule has 0 aliphatic carbocycles. The Morgan fingerprint density at radius 3 is 2.25 bits per heavy atom. The molecule has 8 nitrogen and oxygen atoms in total. The molecule has 9 heteroatoms. The highest BCUT2D eigenvalue weighted by Gasteiger charge is 2.26. The molecule has 1 aliphatic rings. The van der Waals surface area contributed by atoms with Crippen molar-refractivity contribution in [1.29, 1.82) is 0 Å². The van der Waals surface area contributed by atoms with Gasteiger partial charge in [0.25, 0.3) is 0 Å². The smallest absolute Gasteiger partial charge is 0.238 e. The van der Waals surface area contributed by atoms with Crippen molar-refractivity contribution in [1.82, 2.24) is 15.3 Å². The molecular formula is C19H25N5O3S. The van der Waals surface area contributed by atoms with Crippen LogP contribution in [0.3, 0.4) is 0 Å². The maximum atomic E-state index is 12.5. The highest BCUT2D eigenvalue weighted by atomic mass is 32.2. The first-order valence-corrected chi connectivity index (χ1v) is 10.7. The number of piperidine rings is 1. The summed E-state index contributed by atoms with van der Waals surface area (Å²) < 4.78 is 22.6. The van der Waals surface area contributed by atoms with E-state index < -0.39 is 10.0 Å². The van der Waals surface area contributed by atoms with Crippen LogP contribution in [0.2, 0.25) is 0 Å². The third-order valence-corrected chi connectivity index (χ3v) is 5.77. The van der Waals surface area contributed by atoms with Gasteiger partial charge in [-0.15, -0.1) is 0 Å². The van der Waals surface area contributed by atoms with Crippen molar-refractivity contribution in [2.45, 2.75) is 38.1 Å². The minimum absolute atomic E-state index is 0.0107. The Hall–Kier alpha value is -2.52. The lowest BCUT2D eigenvalue weighted by atomic mass is 9.96. The normalized spacial score (nSPS) is 15.5. The van der Waals surface area contributed by atoms with E-state index in [4.69, 9.17) is 5.14 Å². The van der Waals surface area contributed by atoms with Crippen molar-refractivity contribution in [3.8, 4) is 0 Å². The molecule has 0 bridgehead atoms. The molecule has 1 aliphatic heterocycles. The van der Waals surface area contributed by atoms with Gasteiger partial charge < -0.3 is 10.2 Å². The number of carbonyl (C=O) groups excluding carboxylic acids is 1. The maximum absolute atomic E-state index is 12.5. The average Bonchev–Trinajstić information content (AvgIpc) is 2.65. The van der Waals surface area contributed by atoms with Gasteiger partial charge in [0.15, 0.2) is 0 Å². The van der Waals surface area contributed by atoms with Gasteiger partial charge in [0.1, 0.15) is 0 Å². The van der Waals surface area contributed by atoms with Crippen LogP contribution in [0.1, 0.15) is 29.8 Å². The van der Waals surface area contributed by atoms with Crippen LogP contribution in [-0.4, -0.2) is 37.4 Å². The number of primary sulfonamides is 1. The van der Waals surface area contributed by atoms with Crippen LogP contribution in [-0.2, 0) is 21.4 Å². The summed E-state index contributed by atoms with van der Waals surface area (Å²) in [6.07, 6.45) is 1.49. The van der Waals surface area contributed by atoms with Gasteiger partial charge in [-0.25, -0.2) is 23.5 Å². The van der Waals surface area contributed by atoms with Crippen LogP contribution in [0.25, 0.3) is 0 Å². The van der Waals surface area contributed by atoms with Crippen LogP contribution >= 0.6 is 0 Å². The molecule has 0 atom stereocenters. The topological polar surface area (TPSA) is 118 Å². The van der Waals surface area contributed by atoms with Gasteiger partial charge in [-0.2, -0.15) is 0 Å². The second kappa shape index (κ2) is 8.24. The quantitative estimate of drug-likeness (QED) is 0.776. The highest BCUT2D eigenvalue weighted by molar-refractivity contribution is 7.89. The molecule has 150 valence electrons. The monoisotopic (exact) mass is 403 g/mol. The number of benzene rings is 1. The summed E-state index contributed by atoms with van der Waals surface area (Å²) in [5.74, 6) is 0.689. The number of aromatic nitrogens is 2. The first kappa shape index (κ1) is 20.2. The second-order valence-electron chi connectivity index (χ2n) is 7.12. The van der Waals surface area contributed by atoms with Crippen molar-refractivity contribution in [2.75, 3.05) is 18.0 Å². The number of hydrogen-bond acceptors (Lipinski definition) is 6. The zero-order valence-electron chi connectivity index (χ0n) is 16.1. The first-order valence-electron chi connectivity index (χ1n) is 9.19. The number of nitrogens with two attached hydrogens (primary N) is 1. The van der Waals surface area contributed by atoms with E-state index in [1.54, 1.807) is 12.1 Å². The van der Waals surface area contributed by atoms with Gasteiger partial charge >= 0.3 is 0 Å². The fourth-order valence-corrected chi connectivity index (χ4v) is 3.84. The summed E-state index contributed by atoms with van der Waals surface area (Å²) in [5.41, 5.74) is 2.70. The molecule has 1 aromatic carbocycles. The van der Waals surface area contributed by atoms with E-state index >= 15 is 0 Å². The molecule has 0 unspecified atom stereocenters. The van der Waals surface area contributed by atoms with Gasteiger partial charge in [-0.1, -0.05) is 12.1 Å². The van der Waals surface area contributed by atoms with Gasteiger partial charge in [0.2, 0.25) is 21.9 Å². The summed E-state index contributed by atoms with van der Waals surface area (Å²) in [4.78, 5) is 23.6. The maximum Gasteiger partial charge on any atom is 0.238 e. The van der Waals surface area contributed by atoms with Crippen LogP contribution in [0.15, 0.2) is 35.2 Å². The largest absolute Gasteiger partial charge is 0.352 e. The molecule has 0 saturated carbocycles. The minimum Gasteiger partial charge on any atom is -0.352 e. The lowest BCUT2D eigenvalue weighted by molar-refractivity contribution is -0.125. The van der Waals surface area contributed by atoms with Crippen molar-refractivity contribution >= 4 is 21.9 Å². The Morgan fingerprint density at radius 1 is 1.14 bits per heavy atom. The number of nitrogens with one attached hydrogen (secondary N) is 1. The highest BCUT2D eigenvalue weighted by Crippen LogP contribution is 2.21. The summed E-state index contributed by atoms with van der Waals surface area (Å²) in [7, 11) is -3.70. The van der Waals surface area contributed by atoms with E-state index in [2.05, 4.69) is 20.2 Å². The van der Waals surface area contributed by atoms with Crippen LogP contribution in [0, 0.1) is 19.8 Å². The molecule has 1 amide bonds. The van der Waals surface area contributed by atoms with E-state index in [1.807, 2.05) is 19.9 Å². The lowest BCUT2D eigenvalue weighted by Crippen LogP contribution is -2.41. The van der Waals surface area contributed by atoms with E-state index in [0.29, 0.717) is 6.54 Å². The molecule has 3 N–H and O–H groups in total. The number of rotatable bonds is 5. The van der Waals surface area contributed by atoms with Crippen LogP contribution < -0.4 is 15.4 Å². The van der Waals surface area contributed by atoms with Gasteiger partial charge in [0, 0.05) is 36.9 Å². The lowest BCUT2D eigenvalue weighted by Gasteiger charge is -2.31. The average molecular weight is 404 g/mol. The number of carbonyl (C=O) groups is 1. The van der Waals surface area contributed by atoms with Crippen LogP contribution in [0.4, 0.5) is 5.95 Å². The molecule has 0 radical (unpaired) electrons. The second-order valence-corrected chi connectivity index (χ2v) is 8.68. The van der Waals surface area contributed by atoms with Crippen LogP contribution in [0.5, 0.6) is 0 Å². The third-order valence-electron chi connectivity index (χ3n) is 4.84. The first-order chi connectivity index (χ1) is 13.2. The minimum atomic E-state index is -3.70. The van der Waals surface area contributed by atoms with Crippen molar-refractivity contribution in [3.63, 3.8) is 0 Å². The molecule has 1 aromatic heterocycles. The van der Waals surface area contributed by atoms with Crippen molar-refractivity contribution in [2.24, 2.45) is 11.1 Å². The number of anilines is 1. The number of hydrogen-bond donors (Lipinski definition) is 2. The van der Waals surface area contributed by atoms with E-state index in [0.717, 1.165) is 48.8 Å². The molecular weight excluding hydrogens is 378 g/mol. The predicted molar refractivity (Wildman–Crippen MR) is 106 cm³/mol. The predicted octanol–water partition coefficient (Wildman–Crippen LogP) is 1.27. The molecule has 1 saturated heterocycles. The molecule has 2 aromatic rings. The Bertz CT molecular complexity index is 932. The fraction of sp³-hybridized carbons (Fsp3) is 0.421. The molecule has 28 heavy (non-hydrogen) atoms. The molecule has 2 heterocycles. The Morgan fingerprint density at radius 2 is 1.71 bits per heavy atom. The number of sulfonamides is 1. The Balaban J connectivity index is 1.51. The Labute approximate surface area is 165 Å². The third kappa shape index (κ3) is 5.05. The molecule has 1 fully saturated rings. The van der Waals surface area contributed by atoms with Gasteiger partial charge in [-0.05, 0) is 50.5 Å². The van der Waals surface area contributed by atoms with E-state index in [1.165, 1.54) is 12.1 Å². The SMILES string of the molecule is Cc1cc(C)nc(N2CCC(C(=O)NCc3ccc(S(N)(=O)=O)cc3)CC2)n1. The van der Waals surface area contributed by atoms with Gasteiger partial charge in [-0.3, -0.25) is 4.79 Å². The summed E-state index contributed by atoms with van der Waals surface area (Å²) >= 11 is 0. The number of nitrogens with zero attached hydrogens (tertiary/aromatic N) is 3. The summed E-state index contributed by atoms with van der Waals surface area (Å²) in [6.45, 7) is 5.74. The number of amides is 1.